The van der Waals surface area contributed by atoms with Gasteiger partial charge in [0.1, 0.15) is 0 Å². The first kappa shape index (κ1) is 9.72. The molecule has 1 aromatic rings. The number of nitrogens with zero attached hydrogens (tertiary/aromatic N) is 1. The summed E-state index contributed by atoms with van der Waals surface area (Å²) < 4.78 is 0. The fourth-order valence-electron chi connectivity index (χ4n) is 0.993. The summed E-state index contributed by atoms with van der Waals surface area (Å²) >= 11 is 0. The van der Waals surface area contributed by atoms with Crippen LogP contribution in [0.3, 0.4) is 0 Å². The second kappa shape index (κ2) is 4.61. The van der Waals surface area contributed by atoms with E-state index in [0.717, 1.165) is 11.4 Å². The Balaban J connectivity index is 2.89. The standard InChI is InChI=1S/C12H15N/c1-4-10(2)11(3)13-12-8-6-5-7-9-12/h4-9H,1-3H3/b10-4?,13-11-. The zero-order valence-corrected chi connectivity index (χ0v) is 8.41. The Morgan fingerprint density at radius 2 is 1.77 bits per heavy atom. The van der Waals surface area contributed by atoms with E-state index >= 15 is 0 Å². The molecule has 0 saturated heterocycles. The van der Waals surface area contributed by atoms with Crippen LogP contribution < -0.4 is 0 Å². The van der Waals surface area contributed by atoms with Gasteiger partial charge in [-0.1, -0.05) is 24.3 Å². The van der Waals surface area contributed by atoms with Gasteiger partial charge in [0.15, 0.2) is 0 Å². The average molecular weight is 173 g/mol. The fourth-order valence-corrected chi connectivity index (χ4v) is 0.993. The van der Waals surface area contributed by atoms with E-state index in [1.807, 2.05) is 44.2 Å². The lowest BCUT2D eigenvalue weighted by molar-refractivity contribution is 1.43. The van der Waals surface area contributed by atoms with Crippen LogP contribution in [-0.2, 0) is 0 Å². The second-order valence-electron chi connectivity index (χ2n) is 3.00. The first-order valence-electron chi connectivity index (χ1n) is 4.47. The minimum Gasteiger partial charge on any atom is -0.254 e. The zero-order chi connectivity index (χ0) is 9.68. The van der Waals surface area contributed by atoms with Crippen molar-refractivity contribution >= 4 is 11.4 Å². The molecule has 0 bridgehead atoms. The quantitative estimate of drug-likeness (QED) is 0.604. The summed E-state index contributed by atoms with van der Waals surface area (Å²) in [6.07, 6.45) is 2.07. The summed E-state index contributed by atoms with van der Waals surface area (Å²) in [6, 6.07) is 10.0. The van der Waals surface area contributed by atoms with Crippen LogP contribution in [0.2, 0.25) is 0 Å². The van der Waals surface area contributed by atoms with Crippen molar-refractivity contribution in [3.8, 4) is 0 Å². The van der Waals surface area contributed by atoms with Crippen molar-refractivity contribution in [1.29, 1.82) is 0 Å². The molecule has 0 amide bonds. The van der Waals surface area contributed by atoms with Crippen LogP contribution in [0.4, 0.5) is 5.69 Å². The Morgan fingerprint density at radius 1 is 1.15 bits per heavy atom. The van der Waals surface area contributed by atoms with Gasteiger partial charge in [0.25, 0.3) is 0 Å². The largest absolute Gasteiger partial charge is 0.254 e. The number of para-hydroxylation sites is 1. The normalized spacial score (nSPS) is 13.2. The average Bonchev–Trinajstić information content (AvgIpc) is 2.18. The van der Waals surface area contributed by atoms with Crippen LogP contribution in [-0.4, -0.2) is 5.71 Å². The van der Waals surface area contributed by atoms with E-state index in [4.69, 9.17) is 0 Å². The predicted octanol–water partition coefficient (Wildman–Crippen LogP) is 3.75. The molecule has 1 nitrogen and oxygen atoms in total. The molecule has 0 N–H and O–H groups in total. The van der Waals surface area contributed by atoms with Crippen molar-refractivity contribution in [3.05, 3.63) is 42.0 Å². The van der Waals surface area contributed by atoms with Gasteiger partial charge in [-0.05, 0) is 38.5 Å². The van der Waals surface area contributed by atoms with Crippen molar-refractivity contribution in [2.75, 3.05) is 0 Å². The highest BCUT2D eigenvalue weighted by Gasteiger charge is 1.92. The molecule has 13 heavy (non-hydrogen) atoms. The number of hydrogen-bond donors (Lipinski definition) is 0. The molecule has 1 aromatic carbocycles. The molecule has 1 heteroatoms. The van der Waals surface area contributed by atoms with Crippen molar-refractivity contribution in [3.63, 3.8) is 0 Å². The van der Waals surface area contributed by atoms with Crippen molar-refractivity contribution in [1.82, 2.24) is 0 Å². The Kier molecular flexibility index (Phi) is 3.44. The number of rotatable bonds is 2. The first-order valence-corrected chi connectivity index (χ1v) is 4.47. The maximum absolute atomic E-state index is 4.48. The third-order valence-electron chi connectivity index (χ3n) is 2.06. The highest BCUT2D eigenvalue weighted by molar-refractivity contribution is 5.99. The monoisotopic (exact) mass is 173 g/mol. The third kappa shape index (κ3) is 2.86. The lowest BCUT2D eigenvalue weighted by atomic mass is 10.2. The van der Waals surface area contributed by atoms with Gasteiger partial charge in [-0.2, -0.15) is 0 Å². The second-order valence-corrected chi connectivity index (χ2v) is 3.00. The van der Waals surface area contributed by atoms with Crippen LogP contribution in [0.25, 0.3) is 0 Å². The number of aliphatic imine (C=N–C) groups is 1. The summed E-state index contributed by atoms with van der Waals surface area (Å²) in [7, 11) is 0. The molecule has 0 aromatic heterocycles. The first-order chi connectivity index (χ1) is 6.24. The molecule has 0 unspecified atom stereocenters. The molecular formula is C12H15N. The maximum Gasteiger partial charge on any atom is 0.0632 e. The van der Waals surface area contributed by atoms with Gasteiger partial charge in [0.2, 0.25) is 0 Å². The van der Waals surface area contributed by atoms with E-state index in [9.17, 15) is 0 Å². The topological polar surface area (TPSA) is 12.4 Å². The highest BCUT2D eigenvalue weighted by atomic mass is 14.7. The molecule has 0 saturated carbocycles. The molecule has 0 aliphatic carbocycles. The molecule has 0 aliphatic heterocycles. The molecule has 0 heterocycles. The van der Waals surface area contributed by atoms with E-state index in [1.54, 1.807) is 0 Å². The molecule has 0 atom stereocenters. The summed E-state index contributed by atoms with van der Waals surface area (Å²) in [5, 5.41) is 0. The van der Waals surface area contributed by atoms with E-state index in [-0.39, 0.29) is 0 Å². The summed E-state index contributed by atoms with van der Waals surface area (Å²) in [5.74, 6) is 0. The van der Waals surface area contributed by atoms with E-state index < -0.39 is 0 Å². The van der Waals surface area contributed by atoms with Gasteiger partial charge < -0.3 is 0 Å². The minimum atomic E-state index is 1.02. The Hall–Kier alpha value is -1.37. The van der Waals surface area contributed by atoms with Crippen molar-refractivity contribution in [2.45, 2.75) is 20.8 Å². The number of allylic oxidation sites excluding steroid dienone is 2. The van der Waals surface area contributed by atoms with Crippen molar-refractivity contribution < 1.29 is 0 Å². The Morgan fingerprint density at radius 3 is 2.31 bits per heavy atom. The van der Waals surface area contributed by atoms with Gasteiger partial charge in [0, 0.05) is 5.71 Å². The number of hydrogen-bond acceptors (Lipinski definition) is 1. The van der Waals surface area contributed by atoms with Gasteiger partial charge in [-0.15, -0.1) is 0 Å². The van der Waals surface area contributed by atoms with Gasteiger partial charge in [-0.25, -0.2) is 0 Å². The molecule has 0 spiro atoms. The molecule has 68 valence electrons. The van der Waals surface area contributed by atoms with Crippen LogP contribution >= 0.6 is 0 Å². The summed E-state index contributed by atoms with van der Waals surface area (Å²) in [6.45, 7) is 6.13. The molecule has 0 radical (unpaired) electrons. The van der Waals surface area contributed by atoms with Gasteiger partial charge in [-0.3, -0.25) is 4.99 Å². The predicted molar refractivity (Wildman–Crippen MR) is 58.6 cm³/mol. The third-order valence-corrected chi connectivity index (χ3v) is 2.06. The van der Waals surface area contributed by atoms with Crippen molar-refractivity contribution in [2.24, 2.45) is 4.99 Å². The molecule has 0 aliphatic rings. The minimum absolute atomic E-state index is 1.02. The molecule has 1 rings (SSSR count). The van der Waals surface area contributed by atoms with Gasteiger partial charge in [0.05, 0.1) is 5.69 Å². The summed E-state index contributed by atoms with van der Waals surface area (Å²) in [5.41, 5.74) is 3.32. The van der Waals surface area contributed by atoms with E-state index in [1.165, 1.54) is 5.57 Å². The zero-order valence-electron chi connectivity index (χ0n) is 8.41. The maximum atomic E-state index is 4.48. The molecule has 0 fully saturated rings. The van der Waals surface area contributed by atoms with Crippen LogP contribution in [0.5, 0.6) is 0 Å². The highest BCUT2D eigenvalue weighted by Crippen LogP contribution is 2.12. The van der Waals surface area contributed by atoms with E-state index in [0.29, 0.717) is 0 Å². The summed E-state index contributed by atoms with van der Waals surface area (Å²) in [4.78, 5) is 4.48. The lowest BCUT2D eigenvalue weighted by Crippen LogP contribution is -1.91. The Labute approximate surface area is 79.8 Å². The van der Waals surface area contributed by atoms with E-state index in [2.05, 4.69) is 18.0 Å². The Bertz CT molecular complexity index is 320. The fraction of sp³-hybridized carbons (Fsp3) is 0.250. The molecular weight excluding hydrogens is 158 g/mol. The van der Waals surface area contributed by atoms with Crippen LogP contribution in [0.15, 0.2) is 47.0 Å². The smallest absolute Gasteiger partial charge is 0.0632 e. The van der Waals surface area contributed by atoms with Crippen LogP contribution in [0, 0.1) is 0 Å². The van der Waals surface area contributed by atoms with Crippen LogP contribution in [0.1, 0.15) is 20.8 Å². The number of benzene rings is 1. The lowest BCUT2D eigenvalue weighted by Gasteiger charge is -1.99. The SMILES string of the molecule is CC=C(C)/C(C)=N\c1ccccc1. The van der Waals surface area contributed by atoms with Gasteiger partial charge >= 0.3 is 0 Å².